The lowest BCUT2D eigenvalue weighted by Crippen LogP contribution is -2.35. The third kappa shape index (κ3) is 5.25. The number of benzene rings is 2. The molecule has 1 unspecified atom stereocenters. The Hall–Kier alpha value is -2.18. The number of nitrogens with zero attached hydrogens (tertiary/aromatic N) is 2. The van der Waals surface area contributed by atoms with Gasteiger partial charge < -0.3 is 0 Å². The van der Waals surface area contributed by atoms with Gasteiger partial charge in [-0.2, -0.15) is 5.26 Å². The quantitative estimate of drug-likeness (QED) is 0.463. The van der Waals surface area contributed by atoms with E-state index in [0.29, 0.717) is 5.56 Å². The topological polar surface area (TPSA) is 27.0 Å². The molecule has 0 N–H and O–H groups in total. The van der Waals surface area contributed by atoms with Crippen molar-refractivity contribution >= 4 is 0 Å². The minimum Gasteiger partial charge on any atom is -0.299 e. The fraction of sp³-hybridized carbons (Fsp3) is 0.500. The molecule has 0 bridgehead atoms. The largest absolute Gasteiger partial charge is 0.299 e. The van der Waals surface area contributed by atoms with E-state index < -0.39 is 5.41 Å². The molecule has 2 aromatic rings. The molecule has 1 atom stereocenters. The number of nitriles is 1. The van der Waals surface area contributed by atoms with E-state index in [2.05, 4.69) is 42.2 Å². The number of hydrogen-bond acceptors (Lipinski definition) is 2. The Balaban J connectivity index is 1.74. The van der Waals surface area contributed by atoms with Crippen molar-refractivity contribution in [1.82, 2.24) is 4.90 Å². The molecule has 0 amide bonds. The molecular formula is C26H33FN2. The van der Waals surface area contributed by atoms with Crippen LogP contribution in [0.5, 0.6) is 0 Å². The second-order valence-corrected chi connectivity index (χ2v) is 8.41. The van der Waals surface area contributed by atoms with Gasteiger partial charge in [-0.05, 0) is 62.7 Å². The molecule has 29 heavy (non-hydrogen) atoms. The van der Waals surface area contributed by atoms with Crippen LogP contribution < -0.4 is 0 Å². The molecule has 3 rings (SSSR count). The summed E-state index contributed by atoms with van der Waals surface area (Å²) in [4.78, 5) is 2.47. The SMILES string of the molecule is CCCN(CCCC(C#N)(c1ccccc1F)C1CCCC1)Cc1ccccc1. The van der Waals surface area contributed by atoms with Crippen molar-refractivity contribution in [3.63, 3.8) is 0 Å². The molecular weight excluding hydrogens is 359 g/mol. The van der Waals surface area contributed by atoms with E-state index in [0.717, 1.165) is 64.6 Å². The Morgan fingerprint density at radius 1 is 1.03 bits per heavy atom. The maximum Gasteiger partial charge on any atom is 0.128 e. The van der Waals surface area contributed by atoms with E-state index in [-0.39, 0.29) is 11.7 Å². The van der Waals surface area contributed by atoms with Gasteiger partial charge in [0, 0.05) is 12.1 Å². The maximum atomic E-state index is 14.8. The van der Waals surface area contributed by atoms with Gasteiger partial charge in [-0.25, -0.2) is 4.39 Å². The van der Waals surface area contributed by atoms with Crippen molar-refractivity contribution < 1.29 is 4.39 Å². The standard InChI is InChI=1S/C26H33FN2/c1-2-18-29(20-22-11-4-3-5-12-22)19-10-17-26(21-28,23-13-6-7-14-23)24-15-8-9-16-25(24)27/h3-5,8-9,11-12,15-16,23H,2,6-7,10,13-14,17-20H2,1H3. The fourth-order valence-electron chi connectivity index (χ4n) is 5.02. The van der Waals surface area contributed by atoms with Gasteiger partial charge in [0.05, 0.1) is 11.5 Å². The molecule has 0 aliphatic heterocycles. The van der Waals surface area contributed by atoms with E-state index in [1.54, 1.807) is 6.07 Å². The Kier molecular flexibility index (Phi) is 7.83. The molecule has 3 heteroatoms. The van der Waals surface area contributed by atoms with Gasteiger partial charge in [-0.3, -0.25) is 4.90 Å². The average Bonchev–Trinajstić information content (AvgIpc) is 3.28. The summed E-state index contributed by atoms with van der Waals surface area (Å²) >= 11 is 0. The summed E-state index contributed by atoms with van der Waals surface area (Å²) in [5.41, 5.74) is 1.23. The minimum absolute atomic E-state index is 0.226. The molecule has 2 nitrogen and oxygen atoms in total. The monoisotopic (exact) mass is 392 g/mol. The fourth-order valence-corrected chi connectivity index (χ4v) is 5.02. The zero-order chi connectivity index (χ0) is 20.5. The molecule has 1 aliphatic carbocycles. The summed E-state index contributed by atoms with van der Waals surface area (Å²) in [6.45, 7) is 5.11. The first-order valence-electron chi connectivity index (χ1n) is 11.1. The van der Waals surface area contributed by atoms with Gasteiger partial charge in [-0.15, -0.1) is 0 Å². The van der Waals surface area contributed by atoms with Crippen LogP contribution in [0.4, 0.5) is 4.39 Å². The molecule has 1 fully saturated rings. The second-order valence-electron chi connectivity index (χ2n) is 8.41. The molecule has 0 saturated heterocycles. The smallest absolute Gasteiger partial charge is 0.128 e. The van der Waals surface area contributed by atoms with Crippen molar-refractivity contribution in [3.05, 3.63) is 71.5 Å². The van der Waals surface area contributed by atoms with Crippen LogP contribution >= 0.6 is 0 Å². The van der Waals surface area contributed by atoms with Crippen LogP contribution in [0.15, 0.2) is 54.6 Å². The summed E-state index contributed by atoms with van der Waals surface area (Å²) in [5.74, 6) is 0.0359. The highest BCUT2D eigenvalue weighted by atomic mass is 19.1. The maximum absolute atomic E-state index is 14.8. The van der Waals surface area contributed by atoms with Crippen molar-refractivity contribution in [2.24, 2.45) is 5.92 Å². The first-order valence-corrected chi connectivity index (χ1v) is 11.1. The predicted octanol–water partition coefficient (Wildman–Crippen LogP) is 6.47. The van der Waals surface area contributed by atoms with Crippen LogP contribution in [0.3, 0.4) is 0 Å². The van der Waals surface area contributed by atoms with E-state index in [1.165, 1.54) is 11.6 Å². The van der Waals surface area contributed by atoms with Crippen LogP contribution in [0.25, 0.3) is 0 Å². The van der Waals surface area contributed by atoms with Gasteiger partial charge in [-0.1, -0.05) is 68.3 Å². The van der Waals surface area contributed by atoms with E-state index in [1.807, 2.05) is 18.2 Å². The van der Waals surface area contributed by atoms with Gasteiger partial charge >= 0.3 is 0 Å². The van der Waals surface area contributed by atoms with Crippen molar-refractivity contribution in [1.29, 1.82) is 5.26 Å². The van der Waals surface area contributed by atoms with Crippen molar-refractivity contribution in [2.45, 2.75) is 63.8 Å². The normalized spacial score (nSPS) is 16.6. The molecule has 1 aliphatic rings. The van der Waals surface area contributed by atoms with Crippen LogP contribution in [0, 0.1) is 23.1 Å². The van der Waals surface area contributed by atoms with Crippen LogP contribution in [-0.4, -0.2) is 18.0 Å². The second kappa shape index (κ2) is 10.6. The third-order valence-corrected chi connectivity index (χ3v) is 6.44. The number of hydrogen-bond donors (Lipinski definition) is 0. The Morgan fingerprint density at radius 3 is 2.38 bits per heavy atom. The molecule has 0 aromatic heterocycles. The lowest BCUT2D eigenvalue weighted by molar-refractivity contribution is 0.236. The van der Waals surface area contributed by atoms with Gasteiger partial charge in [0.25, 0.3) is 0 Å². The summed E-state index contributed by atoms with van der Waals surface area (Å²) in [6, 6.07) is 20.1. The minimum atomic E-state index is -0.702. The third-order valence-electron chi connectivity index (χ3n) is 6.44. The molecule has 0 heterocycles. The highest BCUT2D eigenvalue weighted by molar-refractivity contribution is 5.35. The van der Waals surface area contributed by atoms with E-state index in [4.69, 9.17) is 0 Å². The number of halogens is 1. The van der Waals surface area contributed by atoms with Crippen molar-refractivity contribution in [3.8, 4) is 6.07 Å². The van der Waals surface area contributed by atoms with Crippen LogP contribution in [0.1, 0.15) is 63.0 Å². The van der Waals surface area contributed by atoms with Crippen molar-refractivity contribution in [2.75, 3.05) is 13.1 Å². The molecule has 2 aromatic carbocycles. The predicted molar refractivity (Wildman–Crippen MR) is 117 cm³/mol. The highest BCUT2D eigenvalue weighted by Crippen LogP contribution is 2.45. The first kappa shape index (κ1) is 21.5. The Morgan fingerprint density at radius 2 is 1.72 bits per heavy atom. The lowest BCUT2D eigenvalue weighted by Gasteiger charge is -2.34. The zero-order valence-electron chi connectivity index (χ0n) is 17.6. The summed E-state index contributed by atoms with van der Waals surface area (Å²) in [7, 11) is 0. The summed E-state index contributed by atoms with van der Waals surface area (Å²) in [6.07, 6.45) is 7.10. The molecule has 154 valence electrons. The highest BCUT2D eigenvalue weighted by Gasteiger charge is 2.43. The Labute approximate surface area is 175 Å². The average molecular weight is 393 g/mol. The molecule has 1 saturated carbocycles. The first-order chi connectivity index (χ1) is 14.2. The van der Waals surface area contributed by atoms with Gasteiger partial charge in [0.15, 0.2) is 0 Å². The Bertz CT molecular complexity index is 792. The molecule has 0 radical (unpaired) electrons. The molecule has 0 spiro atoms. The van der Waals surface area contributed by atoms with Crippen LogP contribution in [-0.2, 0) is 12.0 Å². The lowest BCUT2D eigenvalue weighted by atomic mass is 9.67. The van der Waals surface area contributed by atoms with Gasteiger partial charge in [0.2, 0.25) is 0 Å². The van der Waals surface area contributed by atoms with Crippen LogP contribution in [0.2, 0.25) is 0 Å². The number of rotatable bonds is 10. The zero-order valence-corrected chi connectivity index (χ0v) is 17.6. The summed E-state index contributed by atoms with van der Waals surface area (Å²) in [5, 5.41) is 10.3. The van der Waals surface area contributed by atoms with E-state index in [9.17, 15) is 9.65 Å². The van der Waals surface area contributed by atoms with E-state index >= 15 is 0 Å². The van der Waals surface area contributed by atoms with Gasteiger partial charge in [0.1, 0.15) is 5.82 Å². The summed E-state index contributed by atoms with van der Waals surface area (Å²) < 4.78 is 14.8.